The van der Waals surface area contributed by atoms with Crippen molar-refractivity contribution in [2.75, 3.05) is 18.9 Å². The Labute approximate surface area is 125 Å². The maximum Gasteiger partial charge on any atom is 0.271 e. The van der Waals surface area contributed by atoms with E-state index in [1.54, 1.807) is 12.1 Å². The van der Waals surface area contributed by atoms with Gasteiger partial charge in [-0.2, -0.15) is 0 Å². The molecule has 0 amide bonds. The first-order chi connectivity index (χ1) is 10.0. The highest BCUT2D eigenvalue weighted by Crippen LogP contribution is 2.37. The minimum atomic E-state index is -0.333. The quantitative estimate of drug-likeness (QED) is 0.683. The minimum Gasteiger partial charge on any atom is -0.384 e. The van der Waals surface area contributed by atoms with Gasteiger partial charge in [0.15, 0.2) is 0 Å². The van der Waals surface area contributed by atoms with Gasteiger partial charge in [-0.25, -0.2) is 0 Å². The zero-order valence-electron chi connectivity index (χ0n) is 12.7. The van der Waals surface area contributed by atoms with Crippen molar-refractivity contribution in [3.8, 4) is 0 Å². The van der Waals surface area contributed by atoms with E-state index in [9.17, 15) is 10.1 Å². The molecule has 0 aromatic heterocycles. The molecule has 3 rings (SSSR count). The Kier molecular flexibility index (Phi) is 3.85. The fraction of sp³-hybridized carbons (Fsp3) is 0.625. The molecule has 0 radical (unpaired) electrons. The van der Waals surface area contributed by atoms with Crippen LogP contribution in [0.3, 0.4) is 0 Å². The molecule has 2 aliphatic heterocycles. The van der Waals surface area contributed by atoms with E-state index in [2.05, 4.69) is 17.3 Å². The minimum absolute atomic E-state index is 0.159. The van der Waals surface area contributed by atoms with Gasteiger partial charge in [0.25, 0.3) is 5.69 Å². The summed E-state index contributed by atoms with van der Waals surface area (Å²) in [6.45, 7) is 2.91. The molecule has 2 fully saturated rings. The van der Waals surface area contributed by atoms with Crippen LogP contribution in [0.15, 0.2) is 18.2 Å². The number of nitrogens with zero attached hydrogens (tertiary/aromatic N) is 2. The molecule has 5 nitrogen and oxygen atoms in total. The van der Waals surface area contributed by atoms with Gasteiger partial charge in [-0.05, 0) is 51.1 Å². The lowest BCUT2D eigenvalue weighted by Crippen LogP contribution is -2.41. The number of nitro benzene ring substituents is 1. The maximum absolute atomic E-state index is 10.9. The Morgan fingerprint density at radius 3 is 2.62 bits per heavy atom. The summed E-state index contributed by atoms with van der Waals surface area (Å²) < 4.78 is 0. The van der Waals surface area contributed by atoms with Crippen molar-refractivity contribution < 1.29 is 4.92 Å². The fourth-order valence-corrected chi connectivity index (χ4v) is 3.86. The molecule has 0 saturated carbocycles. The predicted octanol–water partition coefficient (Wildman–Crippen LogP) is 3.19. The molecule has 1 N–H and O–H groups in total. The summed E-state index contributed by atoms with van der Waals surface area (Å²) in [5.74, 6) is 0.678. The van der Waals surface area contributed by atoms with Crippen LogP contribution in [-0.2, 0) is 0 Å². The van der Waals surface area contributed by atoms with E-state index in [4.69, 9.17) is 0 Å². The van der Waals surface area contributed by atoms with Crippen LogP contribution >= 0.6 is 0 Å². The number of hydrogen-bond acceptors (Lipinski definition) is 4. The van der Waals surface area contributed by atoms with Gasteiger partial charge in [0.05, 0.1) is 4.92 Å². The molecule has 2 unspecified atom stereocenters. The monoisotopic (exact) mass is 289 g/mol. The summed E-state index contributed by atoms with van der Waals surface area (Å²) >= 11 is 0. The normalized spacial score (nSPS) is 28.6. The number of non-ortho nitro benzene ring substituents is 1. The smallest absolute Gasteiger partial charge is 0.271 e. The van der Waals surface area contributed by atoms with Gasteiger partial charge in [0.2, 0.25) is 0 Å². The molecular weight excluding hydrogens is 266 g/mol. The molecule has 2 aliphatic rings. The molecule has 0 aliphatic carbocycles. The summed E-state index contributed by atoms with van der Waals surface area (Å²) in [4.78, 5) is 13.1. The Bertz CT molecular complexity index is 532. The SMILES string of the molecule is Cc1ccc([N+](=O)[O-])cc1NCC1CC2CCC(C1)N2C. The predicted molar refractivity (Wildman–Crippen MR) is 83.6 cm³/mol. The van der Waals surface area contributed by atoms with Crippen molar-refractivity contribution >= 4 is 11.4 Å². The van der Waals surface area contributed by atoms with Gasteiger partial charge in [-0.15, -0.1) is 0 Å². The topological polar surface area (TPSA) is 58.4 Å². The van der Waals surface area contributed by atoms with Gasteiger partial charge >= 0.3 is 0 Å². The van der Waals surface area contributed by atoms with Crippen molar-refractivity contribution in [3.05, 3.63) is 33.9 Å². The second kappa shape index (κ2) is 5.64. The molecule has 2 saturated heterocycles. The molecule has 114 valence electrons. The van der Waals surface area contributed by atoms with Crippen LogP contribution in [0.4, 0.5) is 11.4 Å². The van der Waals surface area contributed by atoms with Crippen molar-refractivity contribution in [1.82, 2.24) is 4.90 Å². The van der Waals surface area contributed by atoms with Crippen molar-refractivity contribution in [2.45, 2.75) is 44.7 Å². The third kappa shape index (κ3) is 2.88. The highest BCUT2D eigenvalue weighted by Gasteiger charge is 2.38. The lowest BCUT2D eigenvalue weighted by Gasteiger charge is -2.36. The van der Waals surface area contributed by atoms with Crippen LogP contribution in [0.5, 0.6) is 0 Å². The Morgan fingerprint density at radius 2 is 2.00 bits per heavy atom. The molecule has 21 heavy (non-hydrogen) atoms. The van der Waals surface area contributed by atoms with E-state index in [1.165, 1.54) is 25.7 Å². The number of nitrogens with one attached hydrogen (secondary N) is 1. The van der Waals surface area contributed by atoms with E-state index in [0.717, 1.165) is 29.9 Å². The standard InChI is InChI=1S/C16H23N3O2/c1-11-3-4-15(19(20)21)9-16(11)17-10-12-7-13-5-6-14(8-12)18(13)2/h3-4,9,12-14,17H,5-8,10H2,1-2H3. The summed E-state index contributed by atoms with van der Waals surface area (Å²) in [5.41, 5.74) is 2.12. The van der Waals surface area contributed by atoms with E-state index in [0.29, 0.717) is 5.92 Å². The van der Waals surface area contributed by atoms with Crippen LogP contribution in [0.25, 0.3) is 0 Å². The number of hydrogen-bond donors (Lipinski definition) is 1. The average molecular weight is 289 g/mol. The van der Waals surface area contributed by atoms with Crippen LogP contribution < -0.4 is 5.32 Å². The van der Waals surface area contributed by atoms with Crippen LogP contribution in [-0.4, -0.2) is 35.5 Å². The third-order valence-electron chi connectivity index (χ3n) is 5.21. The van der Waals surface area contributed by atoms with Crippen molar-refractivity contribution in [1.29, 1.82) is 0 Å². The number of benzene rings is 1. The first-order valence-electron chi connectivity index (χ1n) is 7.75. The number of anilines is 1. The summed E-state index contributed by atoms with van der Waals surface area (Å²) in [7, 11) is 2.25. The fourth-order valence-electron chi connectivity index (χ4n) is 3.86. The Balaban J connectivity index is 1.63. The summed E-state index contributed by atoms with van der Waals surface area (Å²) in [6, 6.07) is 6.51. The van der Waals surface area contributed by atoms with E-state index < -0.39 is 0 Å². The Morgan fingerprint density at radius 1 is 1.33 bits per heavy atom. The molecule has 2 heterocycles. The average Bonchev–Trinajstić information content (AvgIpc) is 2.68. The maximum atomic E-state index is 10.9. The van der Waals surface area contributed by atoms with Gasteiger partial charge in [-0.1, -0.05) is 6.07 Å². The van der Waals surface area contributed by atoms with Gasteiger partial charge in [0, 0.05) is 36.4 Å². The number of rotatable bonds is 4. The van der Waals surface area contributed by atoms with Gasteiger partial charge in [0.1, 0.15) is 0 Å². The number of aryl methyl sites for hydroxylation is 1. The van der Waals surface area contributed by atoms with Crippen molar-refractivity contribution in [3.63, 3.8) is 0 Å². The number of nitro groups is 1. The van der Waals surface area contributed by atoms with E-state index in [1.807, 2.05) is 13.0 Å². The lowest BCUT2D eigenvalue weighted by atomic mass is 9.91. The molecule has 5 heteroatoms. The highest BCUT2D eigenvalue weighted by molar-refractivity contribution is 5.56. The molecule has 0 spiro atoms. The second-order valence-electron chi connectivity index (χ2n) is 6.53. The zero-order chi connectivity index (χ0) is 15.0. The second-order valence-corrected chi connectivity index (χ2v) is 6.53. The summed E-state index contributed by atoms with van der Waals surface area (Å²) in [6.07, 6.45) is 5.14. The molecular formula is C16H23N3O2. The number of piperidine rings is 1. The van der Waals surface area contributed by atoms with Crippen molar-refractivity contribution in [2.24, 2.45) is 5.92 Å². The van der Waals surface area contributed by atoms with Crippen LogP contribution in [0.1, 0.15) is 31.2 Å². The first-order valence-corrected chi connectivity index (χ1v) is 7.75. The Hall–Kier alpha value is -1.62. The van der Waals surface area contributed by atoms with Gasteiger partial charge < -0.3 is 10.2 Å². The summed E-state index contributed by atoms with van der Waals surface area (Å²) in [5, 5.41) is 14.3. The molecule has 1 aromatic rings. The van der Waals surface area contributed by atoms with E-state index >= 15 is 0 Å². The highest BCUT2D eigenvalue weighted by atomic mass is 16.6. The van der Waals surface area contributed by atoms with Crippen LogP contribution in [0, 0.1) is 23.0 Å². The van der Waals surface area contributed by atoms with E-state index in [-0.39, 0.29) is 10.6 Å². The molecule has 2 atom stereocenters. The van der Waals surface area contributed by atoms with Crippen LogP contribution in [0.2, 0.25) is 0 Å². The first kappa shape index (κ1) is 14.3. The zero-order valence-corrected chi connectivity index (χ0v) is 12.7. The largest absolute Gasteiger partial charge is 0.384 e. The molecule has 2 bridgehead atoms. The van der Waals surface area contributed by atoms with Gasteiger partial charge in [-0.3, -0.25) is 10.1 Å². The molecule has 1 aromatic carbocycles. The third-order valence-corrected chi connectivity index (χ3v) is 5.21. The lowest BCUT2D eigenvalue weighted by molar-refractivity contribution is -0.384. The number of fused-ring (bicyclic) bond motifs is 2.